The Morgan fingerprint density at radius 1 is 1.33 bits per heavy atom. The van der Waals surface area contributed by atoms with Gasteiger partial charge in [0.2, 0.25) is 0 Å². The number of nitrogens with zero attached hydrogens (tertiary/aromatic N) is 4. The van der Waals surface area contributed by atoms with E-state index in [1.807, 2.05) is 19.9 Å². The van der Waals surface area contributed by atoms with Gasteiger partial charge in [0.1, 0.15) is 5.69 Å². The van der Waals surface area contributed by atoms with Crippen LogP contribution in [0.25, 0.3) is 0 Å². The number of hydrogen-bond donors (Lipinski definition) is 0. The first-order chi connectivity index (χ1) is 7.18. The van der Waals surface area contributed by atoms with Gasteiger partial charge in [0.15, 0.2) is 0 Å². The molecule has 2 aromatic heterocycles. The third-order valence-corrected chi connectivity index (χ3v) is 1.98. The number of carbonyl (C=O) groups excluding carboxylic acids is 1. The van der Waals surface area contributed by atoms with Crippen molar-refractivity contribution in [3.05, 3.63) is 41.7 Å². The molecule has 76 valence electrons. The van der Waals surface area contributed by atoms with Gasteiger partial charge in [-0.2, -0.15) is 9.78 Å². The molecule has 0 saturated carbocycles. The molecule has 0 spiro atoms. The molecule has 0 saturated heterocycles. The van der Waals surface area contributed by atoms with E-state index in [4.69, 9.17) is 0 Å². The minimum Gasteiger partial charge on any atom is -0.265 e. The third-order valence-electron chi connectivity index (χ3n) is 1.98. The fourth-order valence-electron chi connectivity index (χ4n) is 1.35. The van der Waals surface area contributed by atoms with Crippen LogP contribution in [0, 0.1) is 13.8 Å². The normalized spacial score (nSPS) is 10.3. The predicted molar refractivity (Wildman–Crippen MR) is 53.5 cm³/mol. The molecule has 15 heavy (non-hydrogen) atoms. The first-order valence-electron chi connectivity index (χ1n) is 4.52. The Morgan fingerprint density at radius 2 is 2.13 bits per heavy atom. The lowest BCUT2D eigenvalue weighted by atomic mass is 10.4. The summed E-state index contributed by atoms with van der Waals surface area (Å²) in [5.74, 6) is -0.256. The van der Waals surface area contributed by atoms with Crippen LogP contribution < -0.4 is 0 Å². The van der Waals surface area contributed by atoms with Gasteiger partial charge in [-0.05, 0) is 19.9 Å². The first kappa shape index (κ1) is 9.51. The zero-order valence-corrected chi connectivity index (χ0v) is 8.51. The lowest BCUT2D eigenvalue weighted by Crippen LogP contribution is -2.16. The summed E-state index contributed by atoms with van der Waals surface area (Å²) in [4.78, 5) is 19.7. The molecule has 5 nitrogen and oxygen atoms in total. The Kier molecular flexibility index (Phi) is 2.29. The van der Waals surface area contributed by atoms with Crippen LogP contribution in [0.1, 0.15) is 21.9 Å². The highest BCUT2D eigenvalue weighted by Crippen LogP contribution is 2.04. The minimum absolute atomic E-state index is 0.256. The maximum absolute atomic E-state index is 11.9. The van der Waals surface area contributed by atoms with Gasteiger partial charge < -0.3 is 0 Å². The van der Waals surface area contributed by atoms with E-state index < -0.39 is 0 Å². The molecular weight excluding hydrogens is 192 g/mol. The van der Waals surface area contributed by atoms with E-state index in [0.29, 0.717) is 5.69 Å². The highest BCUT2D eigenvalue weighted by molar-refractivity contribution is 5.93. The molecule has 0 unspecified atom stereocenters. The van der Waals surface area contributed by atoms with E-state index in [9.17, 15) is 4.79 Å². The highest BCUT2D eigenvalue weighted by Gasteiger charge is 2.13. The van der Waals surface area contributed by atoms with Crippen molar-refractivity contribution in [3.63, 3.8) is 0 Å². The number of rotatable bonds is 1. The lowest BCUT2D eigenvalue weighted by molar-refractivity contribution is 0.0937. The largest absolute Gasteiger partial charge is 0.298 e. The summed E-state index contributed by atoms with van der Waals surface area (Å²) < 4.78 is 1.33. The van der Waals surface area contributed by atoms with E-state index in [1.54, 1.807) is 0 Å². The average molecular weight is 202 g/mol. The molecule has 2 aromatic rings. The molecule has 0 aliphatic carbocycles. The topological polar surface area (TPSA) is 60.7 Å². The van der Waals surface area contributed by atoms with Gasteiger partial charge in [-0.25, -0.2) is 4.98 Å². The van der Waals surface area contributed by atoms with Crippen LogP contribution in [0.3, 0.4) is 0 Å². The van der Waals surface area contributed by atoms with Crippen LogP contribution in [0.15, 0.2) is 24.7 Å². The van der Waals surface area contributed by atoms with E-state index in [2.05, 4.69) is 15.1 Å². The molecule has 0 aromatic carbocycles. The Bertz CT molecular complexity index is 489. The minimum atomic E-state index is -0.256. The van der Waals surface area contributed by atoms with E-state index in [1.165, 1.54) is 23.3 Å². The second-order valence-corrected chi connectivity index (χ2v) is 3.23. The maximum atomic E-state index is 11.9. The number of hydrogen-bond acceptors (Lipinski definition) is 4. The zero-order valence-electron chi connectivity index (χ0n) is 8.51. The van der Waals surface area contributed by atoms with Crippen LogP contribution in [0.2, 0.25) is 0 Å². The molecule has 2 rings (SSSR count). The monoisotopic (exact) mass is 202 g/mol. The van der Waals surface area contributed by atoms with Crippen LogP contribution in [0.4, 0.5) is 0 Å². The van der Waals surface area contributed by atoms with Gasteiger partial charge in [0.05, 0.1) is 11.9 Å². The number of aromatic nitrogens is 4. The van der Waals surface area contributed by atoms with Gasteiger partial charge in [-0.3, -0.25) is 9.78 Å². The second kappa shape index (κ2) is 3.61. The van der Waals surface area contributed by atoms with E-state index in [-0.39, 0.29) is 5.91 Å². The van der Waals surface area contributed by atoms with Gasteiger partial charge in [0, 0.05) is 18.1 Å². The summed E-state index contributed by atoms with van der Waals surface area (Å²) in [7, 11) is 0. The second-order valence-electron chi connectivity index (χ2n) is 3.23. The maximum Gasteiger partial charge on any atom is 0.298 e. The number of aryl methyl sites for hydroxylation is 2. The summed E-state index contributed by atoms with van der Waals surface area (Å²) >= 11 is 0. The highest BCUT2D eigenvalue weighted by atomic mass is 16.2. The molecule has 0 radical (unpaired) electrons. The van der Waals surface area contributed by atoms with Crippen molar-refractivity contribution < 1.29 is 4.79 Å². The summed E-state index contributed by atoms with van der Waals surface area (Å²) in [5, 5.41) is 4.09. The van der Waals surface area contributed by atoms with Crippen LogP contribution >= 0.6 is 0 Å². The van der Waals surface area contributed by atoms with Crippen LogP contribution in [-0.4, -0.2) is 25.7 Å². The molecule has 2 heterocycles. The van der Waals surface area contributed by atoms with E-state index in [0.717, 1.165) is 11.4 Å². The fraction of sp³-hybridized carbons (Fsp3) is 0.200. The van der Waals surface area contributed by atoms with Crippen LogP contribution in [-0.2, 0) is 0 Å². The molecule has 0 amide bonds. The quantitative estimate of drug-likeness (QED) is 0.691. The Morgan fingerprint density at radius 3 is 2.67 bits per heavy atom. The van der Waals surface area contributed by atoms with Crippen molar-refractivity contribution in [2.75, 3.05) is 0 Å². The van der Waals surface area contributed by atoms with Gasteiger partial charge in [-0.1, -0.05) is 0 Å². The van der Waals surface area contributed by atoms with Gasteiger partial charge in [-0.15, -0.1) is 0 Å². The molecule has 0 atom stereocenters. The Labute approximate surface area is 86.8 Å². The predicted octanol–water partition coefficient (Wildman–Crippen LogP) is 0.978. The summed E-state index contributed by atoms with van der Waals surface area (Å²) in [6, 6.07) is 1.84. The number of carbonyl (C=O) groups is 1. The summed E-state index contributed by atoms with van der Waals surface area (Å²) in [6.07, 6.45) is 4.44. The molecule has 0 bridgehead atoms. The van der Waals surface area contributed by atoms with Gasteiger partial charge in [0.25, 0.3) is 5.91 Å². The Balaban J connectivity index is 2.41. The summed E-state index contributed by atoms with van der Waals surface area (Å²) in [5.41, 5.74) is 1.90. The SMILES string of the molecule is Cc1cc(C)n(C(=O)c2cnccn2)n1. The molecule has 0 aliphatic rings. The molecule has 0 fully saturated rings. The molecule has 5 heteroatoms. The summed E-state index contributed by atoms with van der Waals surface area (Å²) in [6.45, 7) is 3.67. The average Bonchev–Trinajstić information content (AvgIpc) is 2.58. The molecular formula is C10H10N4O. The van der Waals surface area contributed by atoms with Crippen LogP contribution in [0.5, 0.6) is 0 Å². The van der Waals surface area contributed by atoms with Crippen molar-refractivity contribution in [2.24, 2.45) is 0 Å². The fourth-order valence-corrected chi connectivity index (χ4v) is 1.35. The smallest absolute Gasteiger partial charge is 0.265 e. The van der Waals surface area contributed by atoms with Crippen molar-refractivity contribution in [3.8, 4) is 0 Å². The van der Waals surface area contributed by atoms with E-state index >= 15 is 0 Å². The molecule has 0 aliphatic heterocycles. The van der Waals surface area contributed by atoms with Crippen molar-refractivity contribution >= 4 is 5.91 Å². The molecule has 0 N–H and O–H groups in total. The standard InChI is InChI=1S/C10H10N4O/c1-7-5-8(2)14(13-7)10(15)9-6-11-3-4-12-9/h3-6H,1-2H3. The van der Waals surface area contributed by atoms with Gasteiger partial charge >= 0.3 is 0 Å². The lowest BCUT2D eigenvalue weighted by Gasteiger charge is -2.00. The van der Waals surface area contributed by atoms with Crippen molar-refractivity contribution in [2.45, 2.75) is 13.8 Å². The third kappa shape index (κ3) is 1.76. The van der Waals surface area contributed by atoms with Crippen molar-refractivity contribution in [1.29, 1.82) is 0 Å². The Hall–Kier alpha value is -2.04. The van der Waals surface area contributed by atoms with Crippen molar-refractivity contribution in [1.82, 2.24) is 19.7 Å². The first-order valence-corrected chi connectivity index (χ1v) is 4.52. The zero-order chi connectivity index (χ0) is 10.8.